The average Bonchev–Trinajstić information content (AvgIpc) is 3.17. The number of benzene rings is 2. The van der Waals surface area contributed by atoms with Gasteiger partial charge in [-0.2, -0.15) is 5.10 Å². The van der Waals surface area contributed by atoms with Crippen molar-refractivity contribution in [3.63, 3.8) is 0 Å². The van der Waals surface area contributed by atoms with Crippen molar-refractivity contribution >= 4 is 26.8 Å². The monoisotopic (exact) mass is 412 g/mol. The number of primary amides is 1. The van der Waals surface area contributed by atoms with E-state index in [1.54, 1.807) is 17.3 Å². The van der Waals surface area contributed by atoms with Gasteiger partial charge in [-0.05, 0) is 43.0 Å². The summed E-state index contributed by atoms with van der Waals surface area (Å²) in [7, 11) is -3.17. The normalized spacial score (nSPS) is 16.3. The molecule has 4 rings (SSSR count). The van der Waals surface area contributed by atoms with Crippen LogP contribution in [-0.4, -0.2) is 47.7 Å². The molecular weight excluding hydrogens is 388 g/mol. The minimum Gasteiger partial charge on any atom is -0.366 e. The van der Waals surface area contributed by atoms with Crippen molar-refractivity contribution in [3.8, 4) is 11.1 Å². The number of amides is 1. The molecule has 7 nitrogen and oxygen atoms in total. The smallest absolute Gasteiger partial charge is 0.250 e. The lowest BCUT2D eigenvalue weighted by molar-refractivity contribution is 0.100. The Kier molecular flexibility index (Phi) is 5.14. The van der Waals surface area contributed by atoms with Gasteiger partial charge in [-0.1, -0.05) is 30.3 Å². The van der Waals surface area contributed by atoms with Crippen LogP contribution in [0.15, 0.2) is 42.5 Å². The number of hydrogen-bond donors (Lipinski definition) is 2. The highest BCUT2D eigenvalue weighted by molar-refractivity contribution is 7.89. The fraction of sp³-hybridized carbons (Fsp3) is 0.333. The molecule has 2 heterocycles. The van der Waals surface area contributed by atoms with Crippen molar-refractivity contribution in [2.24, 2.45) is 5.73 Å². The molecule has 0 unspecified atom stereocenters. The summed E-state index contributed by atoms with van der Waals surface area (Å²) in [4.78, 5) is 12.1. The van der Waals surface area contributed by atoms with Crippen molar-refractivity contribution in [1.29, 1.82) is 0 Å². The van der Waals surface area contributed by atoms with Gasteiger partial charge in [0.2, 0.25) is 10.0 Å². The Morgan fingerprint density at radius 3 is 2.48 bits per heavy atom. The van der Waals surface area contributed by atoms with E-state index in [2.05, 4.69) is 10.2 Å². The molecule has 0 aliphatic carbocycles. The van der Waals surface area contributed by atoms with Crippen molar-refractivity contribution < 1.29 is 13.2 Å². The minimum absolute atomic E-state index is 0.116. The summed E-state index contributed by atoms with van der Waals surface area (Å²) in [6, 6.07) is 13.6. The van der Waals surface area contributed by atoms with Gasteiger partial charge in [0.25, 0.3) is 5.91 Å². The third-order valence-corrected chi connectivity index (χ3v) is 7.56. The third kappa shape index (κ3) is 3.65. The number of piperidine rings is 1. The number of nitrogens with one attached hydrogen (secondary N) is 1. The number of fused-ring (bicyclic) bond motifs is 1. The first-order valence-corrected chi connectivity index (χ1v) is 11.4. The van der Waals surface area contributed by atoms with Crippen molar-refractivity contribution in [2.45, 2.75) is 25.7 Å². The largest absolute Gasteiger partial charge is 0.366 e. The summed E-state index contributed by atoms with van der Waals surface area (Å²) in [5.41, 5.74) is 9.45. The number of aromatic amines is 1. The molecule has 3 N–H and O–H groups in total. The molecule has 1 aromatic heterocycles. The molecule has 1 aliphatic heterocycles. The lowest BCUT2D eigenvalue weighted by Gasteiger charge is -2.30. The zero-order valence-electron chi connectivity index (χ0n) is 16.3. The van der Waals surface area contributed by atoms with E-state index in [9.17, 15) is 13.2 Å². The molecule has 152 valence electrons. The first-order chi connectivity index (χ1) is 13.9. The SMILES string of the molecule is CCS(=O)(=O)N1CCC(c2n[nH]c3c(C(N)=O)cc(-c4ccccc4)cc23)CC1. The second-order valence-corrected chi connectivity index (χ2v) is 9.62. The number of H-pyrrole nitrogens is 1. The summed E-state index contributed by atoms with van der Waals surface area (Å²) in [6.45, 7) is 2.63. The topological polar surface area (TPSA) is 109 Å². The number of rotatable bonds is 5. The lowest BCUT2D eigenvalue weighted by atomic mass is 9.90. The summed E-state index contributed by atoms with van der Waals surface area (Å²) in [5, 5.41) is 8.36. The fourth-order valence-corrected chi connectivity index (χ4v) is 5.17. The molecule has 1 saturated heterocycles. The van der Waals surface area contributed by atoms with E-state index >= 15 is 0 Å². The van der Waals surface area contributed by atoms with Gasteiger partial charge in [0.1, 0.15) is 0 Å². The van der Waals surface area contributed by atoms with Crippen LogP contribution in [0.5, 0.6) is 0 Å². The number of nitrogens with two attached hydrogens (primary N) is 1. The Balaban J connectivity index is 1.73. The van der Waals surface area contributed by atoms with Gasteiger partial charge in [-0.3, -0.25) is 9.89 Å². The number of hydrogen-bond acceptors (Lipinski definition) is 4. The molecule has 0 spiro atoms. The van der Waals surface area contributed by atoms with Gasteiger partial charge >= 0.3 is 0 Å². The molecule has 0 radical (unpaired) electrons. The highest BCUT2D eigenvalue weighted by atomic mass is 32.2. The van der Waals surface area contributed by atoms with E-state index in [4.69, 9.17) is 5.73 Å². The van der Waals surface area contributed by atoms with Crippen LogP contribution < -0.4 is 5.73 Å². The maximum atomic E-state index is 12.1. The summed E-state index contributed by atoms with van der Waals surface area (Å²) in [6.07, 6.45) is 1.39. The number of carbonyl (C=O) groups excluding carboxylic acids is 1. The Labute approximate surface area is 170 Å². The van der Waals surface area contributed by atoms with Crippen molar-refractivity contribution in [3.05, 3.63) is 53.7 Å². The molecule has 8 heteroatoms. The zero-order chi connectivity index (χ0) is 20.6. The molecule has 3 aromatic rings. The lowest BCUT2D eigenvalue weighted by Crippen LogP contribution is -2.38. The third-order valence-electron chi connectivity index (χ3n) is 5.67. The van der Waals surface area contributed by atoms with Gasteiger partial charge in [0.15, 0.2) is 0 Å². The van der Waals surface area contributed by atoms with Gasteiger partial charge in [-0.15, -0.1) is 0 Å². The molecule has 1 fully saturated rings. The maximum Gasteiger partial charge on any atom is 0.250 e. The van der Waals surface area contributed by atoms with Gasteiger partial charge < -0.3 is 5.73 Å². The molecule has 29 heavy (non-hydrogen) atoms. The molecule has 1 amide bonds. The number of nitrogens with zero attached hydrogens (tertiary/aromatic N) is 2. The fourth-order valence-electron chi connectivity index (χ4n) is 4.03. The molecular formula is C21H24N4O3S. The number of aromatic nitrogens is 2. The van der Waals surface area contributed by atoms with Gasteiger partial charge in [0, 0.05) is 24.4 Å². The Bertz CT molecular complexity index is 1150. The number of carbonyl (C=O) groups is 1. The predicted octanol–water partition coefficient (Wildman–Crippen LogP) is 2.86. The standard InChI is InChI=1S/C21H24N4O3S/c1-2-29(27,28)25-10-8-15(9-11-25)19-17-12-16(14-6-4-3-5-7-14)13-18(21(22)26)20(17)24-23-19/h3-7,12-13,15H,2,8-11H2,1H3,(H2,22,26)(H,23,24). The molecule has 0 bridgehead atoms. The van der Waals surface area contributed by atoms with Crippen molar-refractivity contribution in [1.82, 2.24) is 14.5 Å². The van der Waals surface area contributed by atoms with Crippen LogP contribution in [0.2, 0.25) is 0 Å². The van der Waals surface area contributed by atoms with Crippen LogP contribution in [-0.2, 0) is 10.0 Å². The van der Waals surface area contributed by atoms with E-state index in [1.807, 2.05) is 36.4 Å². The predicted molar refractivity (Wildman–Crippen MR) is 113 cm³/mol. The maximum absolute atomic E-state index is 12.1. The molecule has 0 saturated carbocycles. The Morgan fingerprint density at radius 2 is 1.86 bits per heavy atom. The zero-order valence-corrected chi connectivity index (χ0v) is 17.1. The quantitative estimate of drug-likeness (QED) is 0.671. The first kappa shape index (κ1) is 19.6. The van der Waals surface area contributed by atoms with Crippen molar-refractivity contribution in [2.75, 3.05) is 18.8 Å². The average molecular weight is 413 g/mol. The molecule has 0 atom stereocenters. The number of sulfonamides is 1. The van der Waals surface area contributed by atoms with Gasteiger partial charge in [0.05, 0.1) is 22.5 Å². The molecule has 1 aliphatic rings. The van der Waals surface area contributed by atoms with E-state index < -0.39 is 15.9 Å². The van der Waals surface area contributed by atoms with E-state index in [0.29, 0.717) is 37.0 Å². The highest BCUT2D eigenvalue weighted by Crippen LogP contribution is 2.35. The van der Waals surface area contributed by atoms with Gasteiger partial charge in [-0.25, -0.2) is 12.7 Å². The highest BCUT2D eigenvalue weighted by Gasteiger charge is 2.30. The van der Waals surface area contributed by atoms with Crippen LogP contribution in [0, 0.1) is 0 Å². The first-order valence-electron chi connectivity index (χ1n) is 9.75. The van der Waals surface area contributed by atoms with Crippen LogP contribution in [0.3, 0.4) is 0 Å². The van der Waals surface area contributed by atoms with E-state index in [1.165, 1.54) is 0 Å². The van der Waals surface area contributed by atoms with Crippen LogP contribution >= 0.6 is 0 Å². The van der Waals surface area contributed by atoms with E-state index in [0.717, 1.165) is 22.2 Å². The van der Waals surface area contributed by atoms with Crippen LogP contribution in [0.1, 0.15) is 41.7 Å². The van der Waals surface area contributed by atoms with Crippen LogP contribution in [0.4, 0.5) is 0 Å². The summed E-state index contributed by atoms with van der Waals surface area (Å²) in [5.74, 6) is -0.267. The summed E-state index contributed by atoms with van der Waals surface area (Å²) >= 11 is 0. The summed E-state index contributed by atoms with van der Waals surface area (Å²) < 4.78 is 25.8. The second kappa shape index (κ2) is 7.61. The molecule has 2 aromatic carbocycles. The Morgan fingerprint density at radius 1 is 1.17 bits per heavy atom. The Hall–Kier alpha value is -2.71. The van der Waals surface area contributed by atoms with Crippen LogP contribution in [0.25, 0.3) is 22.0 Å². The van der Waals surface area contributed by atoms with E-state index in [-0.39, 0.29) is 11.7 Å². The minimum atomic E-state index is -3.17. The second-order valence-electron chi connectivity index (χ2n) is 7.36.